The number of nitrogens with zero attached hydrogens (tertiary/aromatic N) is 2. The molecule has 2 heterocycles. The summed E-state index contributed by atoms with van der Waals surface area (Å²) in [7, 11) is 1.96. The van der Waals surface area contributed by atoms with E-state index in [1.807, 2.05) is 37.4 Å². The predicted octanol–water partition coefficient (Wildman–Crippen LogP) is 3.06. The third-order valence-electron chi connectivity index (χ3n) is 3.60. The second-order valence-electron chi connectivity index (χ2n) is 5.11. The second kappa shape index (κ2) is 6.33. The molecule has 4 nitrogen and oxygen atoms in total. The van der Waals surface area contributed by atoms with E-state index in [1.54, 1.807) is 6.07 Å². The van der Waals surface area contributed by atoms with Crippen LogP contribution in [-0.2, 0) is 4.79 Å². The van der Waals surface area contributed by atoms with E-state index in [2.05, 4.69) is 55.1 Å². The fourth-order valence-corrected chi connectivity index (χ4v) is 4.59. The maximum Gasteiger partial charge on any atom is 0.331 e. The molecule has 1 saturated heterocycles. The third kappa shape index (κ3) is 3.16. The molecule has 1 aliphatic rings. The van der Waals surface area contributed by atoms with Crippen molar-refractivity contribution >= 4 is 62.1 Å². The van der Waals surface area contributed by atoms with Gasteiger partial charge in [-0.3, -0.25) is 4.90 Å². The number of rotatable bonds is 2. The molecular formula is C15H14I2N2O2. The van der Waals surface area contributed by atoms with Crippen LogP contribution in [0.25, 0.3) is 10.9 Å². The highest BCUT2D eigenvalue weighted by Crippen LogP contribution is 2.30. The number of hydrogen-bond donors (Lipinski definition) is 0. The maximum absolute atomic E-state index is 12.4. The number of carbonyl (C=O) groups excluding carboxylic acids is 1. The van der Waals surface area contributed by atoms with Crippen LogP contribution in [0, 0.1) is 0 Å². The molecule has 1 fully saturated rings. The molecule has 0 aliphatic carbocycles. The van der Waals surface area contributed by atoms with Crippen LogP contribution in [0.4, 0.5) is 0 Å². The van der Waals surface area contributed by atoms with Gasteiger partial charge in [-0.2, -0.15) is 0 Å². The van der Waals surface area contributed by atoms with Gasteiger partial charge in [0.25, 0.3) is 0 Å². The van der Waals surface area contributed by atoms with E-state index in [-0.39, 0.29) is 15.9 Å². The van der Waals surface area contributed by atoms with Crippen LogP contribution in [0.2, 0.25) is 0 Å². The van der Waals surface area contributed by atoms with Crippen molar-refractivity contribution in [2.45, 2.75) is 13.9 Å². The molecular weight excluding hydrogens is 494 g/mol. The van der Waals surface area contributed by atoms with Crippen molar-refractivity contribution in [2.75, 3.05) is 13.6 Å². The number of likely N-dealkylation sites (tertiary alicyclic amines) is 1. The average molecular weight is 508 g/mol. The van der Waals surface area contributed by atoms with Crippen molar-refractivity contribution < 1.29 is 9.53 Å². The lowest BCUT2D eigenvalue weighted by atomic mass is 10.2. The Hall–Kier alpha value is -0.480. The van der Waals surface area contributed by atoms with Crippen molar-refractivity contribution in [1.82, 2.24) is 9.88 Å². The summed E-state index contributed by atoms with van der Waals surface area (Å²) in [6.45, 7) is 0.902. The van der Waals surface area contributed by atoms with Crippen LogP contribution in [0.1, 0.15) is 0 Å². The predicted molar refractivity (Wildman–Crippen MR) is 99.4 cm³/mol. The average Bonchev–Trinajstić information content (AvgIpc) is 2.72. The first-order chi connectivity index (χ1) is 10.1. The van der Waals surface area contributed by atoms with Gasteiger partial charge in [-0.15, -0.1) is 0 Å². The molecule has 0 saturated carbocycles. The van der Waals surface area contributed by atoms with Gasteiger partial charge in [0.15, 0.2) is 0 Å². The number of carbonyl (C=O) groups is 1. The van der Waals surface area contributed by atoms with Gasteiger partial charge < -0.3 is 4.74 Å². The number of benzene rings is 1. The molecule has 2 aromatic rings. The SMILES string of the molecule is CN1CC(I)C(I)C1C(=O)Oc1ccc2ccccc2n1. The van der Waals surface area contributed by atoms with Crippen LogP contribution in [0.5, 0.6) is 5.88 Å². The molecule has 110 valence electrons. The second-order valence-corrected chi connectivity index (χ2v) is 8.15. The molecule has 1 aromatic carbocycles. The smallest absolute Gasteiger partial charge is 0.331 e. The first-order valence-electron chi connectivity index (χ1n) is 6.62. The maximum atomic E-state index is 12.4. The van der Waals surface area contributed by atoms with Gasteiger partial charge >= 0.3 is 5.97 Å². The van der Waals surface area contributed by atoms with E-state index in [9.17, 15) is 4.79 Å². The van der Waals surface area contributed by atoms with Crippen molar-refractivity contribution in [3.8, 4) is 5.88 Å². The zero-order valence-corrected chi connectivity index (χ0v) is 15.7. The Kier molecular flexibility index (Phi) is 4.65. The molecule has 1 aromatic heterocycles. The Labute approximate surface area is 150 Å². The van der Waals surface area contributed by atoms with Gasteiger partial charge in [0.2, 0.25) is 5.88 Å². The summed E-state index contributed by atoms with van der Waals surface area (Å²) in [5.41, 5.74) is 0.834. The fourth-order valence-electron chi connectivity index (χ4n) is 2.51. The minimum absolute atomic E-state index is 0.208. The van der Waals surface area contributed by atoms with E-state index in [0.29, 0.717) is 9.80 Å². The number of hydrogen-bond acceptors (Lipinski definition) is 4. The standard InChI is InChI=1S/C15H14I2N2O2/c1-19-8-10(16)13(17)14(19)15(20)21-12-7-6-9-4-2-3-5-11(9)18-12/h2-7,10,13-14H,8H2,1H3. The molecule has 0 bridgehead atoms. The summed E-state index contributed by atoms with van der Waals surface area (Å²) < 4.78 is 6.20. The minimum atomic E-state index is -0.223. The number of halogens is 2. The number of fused-ring (bicyclic) bond motifs is 1. The van der Waals surface area contributed by atoms with Crippen molar-refractivity contribution in [3.63, 3.8) is 0 Å². The zero-order chi connectivity index (χ0) is 15.0. The molecule has 6 heteroatoms. The molecule has 3 unspecified atom stereocenters. The Balaban J connectivity index is 1.80. The largest absolute Gasteiger partial charge is 0.406 e. The summed E-state index contributed by atoms with van der Waals surface area (Å²) in [5.74, 6) is 0.145. The van der Waals surface area contributed by atoms with Gasteiger partial charge in [-0.05, 0) is 19.2 Å². The van der Waals surface area contributed by atoms with Gasteiger partial charge in [0, 0.05) is 21.9 Å². The number of alkyl halides is 2. The molecule has 3 rings (SSSR count). The summed E-state index contributed by atoms with van der Waals surface area (Å²) in [4.78, 5) is 18.8. The number of aromatic nitrogens is 1. The Bertz CT molecular complexity index is 680. The van der Waals surface area contributed by atoms with Crippen LogP contribution < -0.4 is 4.74 Å². The molecule has 0 radical (unpaired) electrons. The lowest BCUT2D eigenvalue weighted by Crippen LogP contribution is -2.40. The number of ether oxygens (including phenoxy) is 1. The van der Waals surface area contributed by atoms with E-state index >= 15 is 0 Å². The first-order valence-corrected chi connectivity index (χ1v) is 9.11. The highest BCUT2D eigenvalue weighted by Gasteiger charge is 2.42. The molecule has 0 amide bonds. The number of para-hydroxylation sites is 1. The highest BCUT2D eigenvalue weighted by molar-refractivity contribution is 14.1. The number of esters is 1. The van der Waals surface area contributed by atoms with Crippen molar-refractivity contribution in [1.29, 1.82) is 0 Å². The summed E-state index contributed by atoms with van der Waals surface area (Å²) in [6, 6.07) is 11.2. The summed E-state index contributed by atoms with van der Waals surface area (Å²) in [6.07, 6.45) is 0. The van der Waals surface area contributed by atoms with E-state index in [1.165, 1.54) is 0 Å². The van der Waals surface area contributed by atoms with E-state index < -0.39 is 0 Å². The molecule has 3 atom stereocenters. The lowest BCUT2D eigenvalue weighted by molar-refractivity contribution is -0.138. The quantitative estimate of drug-likeness (QED) is 0.356. The van der Waals surface area contributed by atoms with Gasteiger partial charge in [0.05, 0.1) is 9.44 Å². The Morgan fingerprint density at radius 3 is 2.76 bits per heavy atom. The third-order valence-corrected chi connectivity index (χ3v) is 7.70. The monoisotopic (exact) mass is 508 g/mol. The van der Waals surface area contributed by atoms with Crippen molar-refractivity contribution in [3.05, 3.63) is 36.4 Å². The topological polar surface area (TPSA) is 42.4 Å². The zero-order valence-electron chi connectivity index (χ0n) is 11.4. The highest BCUT2D eigenvalue weighted by atomic mass is 127. The molecule has 0 N–H and O–H groups in total. The van der Waals surface area contributed by atoms with E-state index in [4.69, 9.17) is 4.74 Å². The lowest BCUT2D eigenvalue weighted by Gasteiger charge is -2.19. The first kappa shape index (κ1) is 15.4. The van der Waals surface area contributed by atoms with Crippen LogP contribution in [0.15, 0.2) is 36.4 Å². The number of pyridine rings is 1. The number of likely N-dealkylation sites (N-methyl/N-ethyl adjacent to an activating group) is 1. The van der Waals surface area contributed by atoms with Crippen LogP contribution >= 0.6 is 45.2 Å². The van der Waals surface area contributed by atoms with Gasteiger partial charge in [-0.1, -0.05) is 63.4 Å². The summed E-state index contributed by atoms with van der Waals surface area (Å²) in [5, 5.41) is 1.04. The Morgan fingerprint density at radius 1 is 1.29 bits per heavy atom. The normalized spacial score (nSPS) is 26.1. The Morgan fingerprint density at radius 2 is 2.05 bits per heavy atom. The van der Waals surface area contributed by atoms with Crippen LogP contribution in [0.3, 0.4) is 0 Å². The van der Waals surface area contributed by atoms with Gasteiger partial charge in [0.1, 0.15) is 6.04 Å². The van der Waals surface area contributed by atoms with Crippen molar-refractivity contribution in [2.24, 2.45) is 0 Å². The van der Waals surface area contributed by atoms with E-state index in [0.717, 1.165) is 17.4 Å². The molecule has 1 aliphatic heterocycles. The molecule has 21 heavy (non-hydrogen) atoms. The fraction of sp³-hybridized carbons (Fsp3) is 0.333. The molecule has 0 spiro atoms. The van der Waals surface area contributed by atoms with Crippen LogP contribution in [-0.4, -0.2) is 43.3 Å². The minimum Gasteiger partial charge on any atom is -0.406 e. The summed E-state index contributed by atoms with van der Waals surface area (Å²) >= 11 is 4.73. The van der Waals surface area contributed by atoms with Gasteiger partial charge in [-0.25, -0.2) is 9.78 Å².